The van der Waals surface area contributed by atoms with Crippen LogP contribution < -0.4 is 9.64 Å². The van der Waals surface area contributed by atoms with E-state index in [2.05, 4.69) is 14.9 Å². The summed E-state index contributed by atoms with van der Waals surface area (Å²) in [5, 5.41) is 10.8. The summed E-state index contributed by atoms with van der Waals surface area (Å²) in [6.07, 6.45) is 1.79. The molecule has 3 aromatic rings. The summed E-state index contributed by atoms with van der Waals surface area (Å²) < 4.78 is 5.21. The average Bonchev–Trinajstić information content (AvgIpc) is 2.84. The quantitative estimate of drug-likeness (QED) is 0.435. The molecule has 0 N–H and O–H groups in total. The topological polar surface area (TPSA) is 102 Å². The molecule has 2 aromatic carbocycles. The van der Waals surface area contributed by atoms with E-state index in [1.54, 1.807) is 25.6 Å². The van der Waals surface area contributed by atoms with Gasteiger partial charge >= 0.3 is 0 Å². The normalized spacial score (nSPS) is 13.7. The number of hydrogen-bond donors (Lipinski definition) is 0. The number of amides is 1. The maximum atomic E-state index is 12.7. The van der Waals surface area contributed by atoms with Gasteiger partial charge in [0.05, 0.1) is 24.1 Å². The SMILES string of the molecule is COc1ccc(-c2cc(N3CCN(C(=O)Cc4ccc([N+](=O)[O-])cc4)CC3)ncn2)cc1. The number of carbonyl (C=O) groups excluding carboxylic acids is 1. The Bertz CT molecular complexity index is 1090. The summed E-state index contributed by atoms with van der Waals surface area (Å²) in [7, 11) is 1.63. The van der Waals surface area contributed by atoms with E-state index in [0.29, 0.717) is 26.2 Å². The van der Waals surface area contributed by atoms with Gasteiger partial charge in [-0.05, 0) is 29.8 Å². The standard InChI is InChI=1S/C23H23N5O4/c1-32-20-8-4-18(5-9-20)21-15-22(25-16-24-21)26-10-12-27(13-11-26)23(29)14-17-2-6-19(7-3-17)28(30)31/h2-9,15-16H,10-14H2,1H3. The van der Waals surface area contributed by atoms with E-state index in [4.69, 9.17) is 4.74 Å². The van der Waals surface area contributed by atoms with Crippen LogP contribution in [0.25, 0.3) is 11.3 Å². The summed E-state index contributed by atoms with van der Waals surface area (Å²) in [4.78, 5) is 35.7. The fourth-order valence-electron chi connectivity index (χ4n) is 3.65. The molecule has 1 aliphatic rings. The van der Waals surface area contributed by atoms with Crippen LogP contribution in [-0.2, 0) is 11.2 Å². The van der Waals surface area contributed by atoms with Crippen LogP contribution in [0.2, 0.25) is 0 Å². The highest BCUT2D eigenvalue weighted by Crippen LogP contribution is 2.24. The lowest BCUT2D eigenvalue weighted by molar-refractivity contribution is -0.384. The Labute approximate surface area is 185 Å². The van der Waals surface area contributed by atoms with Crippen LogP contribution in [0.5, 0.6) is 5.75 Å². The minimum absolute atomic E-state index is 0.0140. The van der Waals surface area contributed by atoms with Crippen LogP contribution in [0.1, 0.15) is 5.56 Å². The first-order chi connectivity index (χ1) is 15.5. The number of rotatable bonds is 6. The van der Waals surface area contributed by atoms with Gasteiger partial charge in [-0.2, -0.15) is 0 Å². The van der Waals surface area contributed by atoms with E-state index in [9.17, 15) is 14.9 Å². The lowest BCUT2D eigenvalue weighted by Crippen LogP contribution is -2.49. The predicted octanol–water partition coefficient (Wildman–Crippen LogP) is 2.95. The number of benzene rings is 2. The van der Waals surface area contributed by atoms with Crippen molar-refractivity contribution in [3.63, 3.8) is 0 Å². The zero-order valence-electron chi connectivity index (χ0n) is 17.7. The number of aromatic nitrogens is 2. The molecule has 9 nitrogen and oxygen atoms in total. The van der Waals surface area contributed by atoms with Crippen LogP contribution in [0.4, 0.5) is 11.5 Å². The lowest BCUT2D eigenvalue weighted by atomic mass is 10.1. The highest BCUT2D eigenvalue weighted by Gasteiger charge is 2.22. The second kappa shape index (κ2) is 9.42. The van der Waals surface area contributed by atoms with Gasteiger partial charge in [-0.15, -0.1) is 0 Å². The van der Waals surface area contributed by atoms with Gasteiger partial charge in [-0.3, -0.25) is 14.9 Å². The highest BCUT2D eigenvalue weighted by atomic mass is 16.6. The minimum atomic E-state index is -0.446. The van der Waals surface area contributed by atoms with E-state index >= 15 is 0 Å². The molecule has 164 valence electrons. The van der Waals surface area contributed by atoms with Crippen molar-refractivity contribution in [2.24, 2.45) is 0 Å². The molecule has 1 saturated heterocycles. The number of piperazine rings is 1. The first kappa shape index (κ1) is 21.2. The Balaban J connectivity index is 1.36. The number of nitrogens with zero attached hydrogens (tertiary/aromatic N) is 5. The Kier molecular flexibility index (Phi) is 6.25. The van der Waals surface area contributed by atoms with Crippen LogP contribution in [0.3, 0.4) is 0 Å². The van der Waals surface area contributed by atoms with E-state index in [0.717, 1.165) is 28.4 Å². The fraction of sp³-hybridized carbons (Fsp3) is 0.261. The Morgan fingerprint density at radius 2 is 1.72 bits per heavy atom. The molecule has 1 amide bonds. The Hall–Kier alpha value is -4.01. The molecule has 9 heteroatoms. The van der Waals surface area contributed by atoms with Gasteiger partial charge in [-0.25, -0.2) is 9.97 Å². The van der Waals surface area contributed by atoms with E-state index in [1.165, 1.54) is 12.1 Å². The average molecular weight is 433 g/mol. The molecule has 0 atom stereocenters. The Morgan fingerprint density at radius 3 is 2.34 bits per heavy atom. The van der Waals surface area contributed by atoms with Crippen molar-refractivity contribution in [1.29, 1.82) is 0 Å². The second-order valence-corrected chi connectivity index (χ2v) is 7.46. The summed E-state index contributed by atoms with van der Waals surface area (Å²) in [5.74, 6) is 1.63. The molecular weight excluding hydrogens is 410 g/mol. The van der Waals surface area contributed by atoms with E-state index in [1.807, 2.05) is 35.2 Å². The Morgan fingerprint density at radius 1 is 1.03 bits per heavy atom. The molecule has 4 rings (SSSR count). The third kappa shape index (κ3) is 4.83. The molecule has 0 spiro atoms. The summed E-state index contributed by atoms with van der Waals surface area (Å²) in [6, 6.07) is 15.8. The summed E-state index contributed by atoms with van der Waals surface area (Å²) in [6.45, 7) is 2.53. The van der Waals surface area contributed by atoms with E-state index in [-0.39, 0.29) is 18.0 Å². The second-order valence-electron chi connectivity index (χ2n) is 7.46. The maximum absolute atomic E-state index is 12.7. The fourth-order valence-corrected chi connectivity index (χ4v) is 3.65. The zero-order chi connectivity index (χ0) is 22.5. The molecule has 0 radical (unpaired) electrons. The number of carbonyl (C=O) groups is 1. The molecule has 0 unspecified atom stereocenters. The summed E-state index contributed by atoms with van der Waals surface area (Å²) >= 11 is 0. The monoisotopic (exact) mass is 433 g/mol. The molecule has 0 aliphatic carbocycles. The van der Waals surface area contributed by atoms with Gasteiger partial charge < -0.3 is 14.5 Å². The predicted molar refractivity (Wildman–Crippen MR) is 120 cm³/mol. The lowest BCUT2D eigenvalue weighted by Gasteiger charge is -2.35. The minimum Gasteiger partial charge on any atom is -0.497 e. The molecule has 1 fully saturated rings. The zero-order valence-corrected chi connectivity index (χ0v) is 17.7. The molecule has 1 aliphatic heterocycles. The molecule has 0 saturated carbocycles. The number of non-ortho nitro benzene ring substituents is 1. The van der Waals surface area contributed by atoms with Gasteiger partial charge in [0.25, 0.3) is 5.69 Å². The third-order valence-corrected chi connectivity index (χ3v) is 5.50. The van der Waals surface area contributed by atoms with Crippen molar-refractivity contribution in [1.82, 2.24) is 14.9 Å². The maximum Gasteiger partial charge on any atom is 0.269 e. The summed E-state index contributed by atoms with van der Waals surface area (Å²) in [5.41, 5.74) is 2.59. The van der Waals surface area contributed by atoms with Gasteiger partial charge in [0, 0.05) is 49.9 Å². The van der Waals surface area contributed by atoms with Gasteiger partial charge in [0.15, 0.2) is 0 Å². The first-order valence-corrected chi connectivity index (χ1v) is 10.3. The van der Waals surface area contributed by atoms with Crippen molar-refractivity contribution < 1.29 is 14.5 Å². The van der Waals surface area contributed by atoms with Crippen molar-refractivity contribution in [2.75, 3.05) is 38.2 Å². The van der Waals surface area contributed by atoms with Gasteiger partial charge in [0.1, 0.15) is 17.9 Å². The first-order valence-electron chi connectivity index (χ1n) is 10.3. The smallest absolute Gasteiger partial charge is 0.269 e. The number of anilines is 1. The van der Waals surface area contributed by atoms with Crippen LogP contribution in [-0.4, -0.2) is 59.0 Å². The van der Waals surface area contributed by atoms with E-state index < -0.39 is 4.92 Å². The van der Waals surface area contributed by atoms with Crippen molar-refractivity contribution in [3.05, 3.63) is 76.6 Å². The highest BCUT2D eigenvalue weighted by molar-refractivity contribution is 5.79. The van der Waals surface area contributed by atoms with Crippen LogP contribution >= 0.6 is 0 Å². The number of hydrogen-bond acceptors (Lipinski definition) is 7. The van der Waals surface area contributed by atoms with Crippen molar-refractivity contribution in [2.45, 2.75) is 6.42 Å². The van der Waals surface area contributed by atoms with Crippen molar-refractivity contribution in [3.8, 4) is 17.0 Å². The molecular formula is C23H23N5O4. The van der Waals surface area contributed by atoms with Crippen LogP contribution in [0, 0.1) is 10.1 Å². The van der Waals surface area contributed by atoms with Gasteiger partial charge in [-0.1, -0.05) is 12.1 Å². The largest absolute Gasteiger partial charge is 0.497 e. The number of ether oxygens (including phenoxy) is 1. The molecule has 32 heavy (non-hydrogen) atoms. The number of methoxy groups -OCH3 is 1. The van der Waals surface area contributed by atoms with Crippen molar-refractivity contribution >= 4 is 17.4 Å². The molecule has 1 aromatic heterocycles. The number of nitro groups is 1. The third-order valence-electron chi connectivity index (χ3n) is 5.50. The molecule has 0 bridgehead atoms. The van der Waals surface area contributed by atoms with Crippen LogP contribution in [0.15, 0.2) is 60.9 Å². The molecule has 2 heterocycles. The van der Waals surface area contributed by atoms with Gasteiger partial charge in [0.2, 0.25) is 5.91 Å². The number of nitro benzene ring substituents is 1.